The van der Waals surface area contributed by atoms with Gasteiger partial charge in [-0.3, -0.25) is 0 Å². The van der Waals surface area contributed by atoms with Crippen molar-refractivity contribution in [1.29, 1.82) is 0 Å². The van der Waals surface area contributed by atoms with Gasteiger partial charge in [0, 0.05) is 22.7 Å². The number of ether oxygens (including phenoxy) is 1. The van der Waals surface area contributed by atoms with Gasteiger partial charge in [-0.15, -0.1) is 11.8 Å². The fraction of sp³-hybridized carbons (Fsp3) is 0.308. The van der Waals surface area contributed by atoms with Crippen LogP contribution in [0.25, 0.3) is 0 Å². The van der Waals surface area contributed by atoms with Gasteiger partial charge in [0.1, 0.15) is 11.5 Å². The molecule has 1 N–H and O–H groups in total. The topological polar surface area (TPSA) is 21.3 Å². The average molecular weight is 402 g/mol. The van der Waals surface area contributed by atoms with Crippen LogP contribution in [0.15, 0.2) is 100.0 Å². The van der Waals surface area contributed by atoms with Gasteiger partial charge in [-0.25, -0.2) is 0 Å². The number of fused-ring (bicyclic) bond motifs is 1. The van der Waals surface area contributed by atoms with Crippen molar-refractivity contribution in [3.8, 4) is 5.75 Å². The highest BCUT2D eigenvalue weighted by atomic mass is 32.2. The molecule has 148 valence electrons. The largest absolute Gasteiger partial charge is 0.462 e. The van der Waals surface area contributed by atoms with Crippen molar-refractivity contribution < 1.29 is 4.74 Å². The van der Waals surface area contributed by atoms with Gasteiger partial charge in [-0.05, 0) is 62.0 Å². The summed E-state index contributed by atoms with van der Waals surface area (Å²) in [6.45, 7) is 2.36. The van der Waals surface area contributed by atoms with Crippen molar-refractivity contribution >= 4 is 11.8 Å². The summed E-state index contributed by atoms with van der Waals surface area (Å²) in [5, 5.41) is 4.30. The van der Waals surface area contributed by atoms with Crippen LogP contribution in [0.1, 0.15) is 39.0 Å². The minimum Gasteiger partial charge on any atom is -0.462 e. The van der Waals surface area contributed by atoms with Gasteiger partial charge in [-0.1, -0.05) is 54.5 Å². The summed E-state index contributed by atoms with van der Waals surface area (Å²) in [4.78, 5) is 1.54. The number of allylic oxidation sites excluding steroid dienone is 10. The molecule has 0 spiro atoms. The summed E-state index contributed by atoms with van der Waals surface area (Å²) < 4.78 is 6.02. The second-order valence-electron chi connectivity index (χ2n) is 8.08. The molecule has 4 aliphatic rings. The third-order valence-corrected chi connectivity index (χ3v) is 7.63. The molecule has 2 atom stereocenters. The van der Waals surface area contributed by atoms with Crippen molar-refractivity contribution in [2.45, 2.75) is 44.3 Å². The van der Waals surface area contributed by atoms with Crippen molar-refractivity contribution in [2.75, 3.05) is 0 Å². The summed E-state index contributed by atoms with van der Waals surface area (Å²) in [6.07, 6.45) is 19.1. The van der Waals surface area contributed by atoms with Gasteiger partial charge < -0.3 is 10.1 Å². The van der Waals surface area contributed by atoms with Crippen LogP contribution in [0.3, 0.4) is 0 Å². The van der Waals surface area contributed by atoms with Crippen LogP contribution in [0.4, 0.5) is 0 Å². The molecule has 0 bridgehead atoms. The highest BCUT2D eigenvalue weighted by Crippen LogP contribution is 2.44. The highest BCUT2D eigenvalue weighted by Gasteiger charge is 2.29. The van der Waals surface area contributed by atoms with Gasteiger partial charge in [0.25, 0.3) is 0 Å². The molecule has 5 rings (SSSR count). The fourth-order valence-electron chi connectivity index (χ4n) is 4.43. The fourth-order valence-corrected chi connectivity index (χ4v) is 5.70. The number of hydrogen-bond donors (Lipinski definition) is 1. The lowest BCUT2D eigenvalue weighted by Crippen LogP contribution is -2.29. The summed E-state index contributed by atoms with van der Waals surface area (Å²) in [7, 11) is 0. The van der Waals surface area contributed by atoms with Crippen molar-refractivity contribution in [2.24, 2.45) is 5.92 Å². The number of para-hydroxylation sites is 1. The first-order valence-corrected chi connectivity index (χ1v) is 11.5. The maximum absolute atomic E-state index is 6.02. The molecular formula is C26H27NOS. The van der Waals surface area contributed by atoms with E-state index >= 15 is 0 Å². The lowest BCUT2D eigenvalue weighted by molar-refractivity contribution is 0.398. The van der Waals surface area contributed by atoms with Crippen molar-refractivity contribution in [3.05, 3.63) is 100.0 Å². The molecule has 0 aromatic heterocycles. The predicted molar refractivity (Wildman–Crippen MR) is 122 cm³/mol. The first-order valence-electron chi connectivity index (χ1n) is 10.6. The minimum atomic E-state index is 0.489. The Balaban J connectivity index is 1.30. The Labute approximate surface area is 177 Å². The van der Waals surface area contributed by atoms with E-state index < -0.39 is 0 Å². The molecule has 0 radical (unpaired) electrons. The maximum Gasteiger partial charge on any atom is 0.126 e. The third-order valence-electron chi connectivity index (χ3n) is 6.19. The molecular weight excluding hydrogens is 374 g/mol. The van der Waals surface area contributed by atoms with Crippen LogP contribution in [0, 0.1) is 5.92 Å². The molecule has 0 amide bonds. The number of thioether (sulfide) groups is 1. The maximum atomic E-state index is 6.02. The van der Waals surface area contributed by atoms with E-state index in [4.69, 9.17) is 4.74 Å². The van der Waals surface area contributed by atoms with Crippen molar-refractivity contribution in [1.82, 2.24) is 5.32 Å². The monoisotopic (exact) mass is 401 g/mol. The first-order chi connectivity index (χ1) is 14.3. The van der Waals surface area contributed by atoms with E-state index in [1.54, 1.807) is 5.57 Å². The molecule has 1 aromatic rings. The molecule has 0 saturated carbocycles. The highest BCUT2D eigenvalue weighted by molar-refractivity contribution is 8.03. The van der Waals surface area contributed by atoms with E-state index in [9.17, 15) is 0 Å². The summed E-state index contributed by atoms with van der Waals surface area (Å²) in [5.41, 5.74) is 5.76. The number of rotatable bonds is 4. The zero-order valence-electron chi connectivity index (χ0n) is 16.9. The van der Waals surface area contributed by atoms with Gasteiger partial charge in [-0.2, -0.15) is 0 Å². The SMILES string of the molecule is CC(C1=CC=C(Oc2ccccc2)CC1)C1=CC2=C(CC1)SC1CC=CC=C1N2. The van der Waals surface area contributed by atoms with E-state index in [1.165, 1.54) is 34.7 Å². The molecule has 29 heavy (non-hydrogen) atoms. The Hall–Kier alpha value is -2.39. The van der Waals surface area contributed by atoms with Crippen LogP contribution in [0.5, 0.6) is 5.75 Å². The number of benzene rings is 1. The quantitative estimate of drug-likeness (QED) is 0.600. The van der Waals surface area contributed by atoms with Gasteiger partial charge >= 0.3 is 0 Å². The first kappa shape index (κ1) is 18.6. The Morgan fingerprint density at radius 1 is 1.00 bits per heavy atom. The third kappa shape index (κ3) is 4.02. The van der Waals surface area contributed by atoms with Crippen LogP contribution in [-0.4, -0.2) is 5.25 Å². The van der Waals surface area contributed by atoms with E-state index in [-0.39, 0.29) is 0 Å². The van der Waals surface area contributed by atoms with Crippen LogP contribution in [0.2, 0.25) is 0 Å². The number of hydrogen-bond acceptors (Lipinski definition) is 3. The molecule has 2 nitrogen and oxygen atoms in total. The minimum absolute atomic E-state index is 0.489. The summed E-state index contributed by atoms with van der Waals surface area (Å²) >= 11 is 2.06. The second-order valence-corrected chi connectivity index (χ2v) is 9.38. The summed E-state index contributed by atoms with van der Waals surface area (Å²) in [5.74, 6) is 2.47. The van der Waals surface area contributed by atoms with Crippen molar-refractivity contribution in [3.63, 3.8) is 0 Å². The molecule has 2 unspecified atom stereocenters. The van der Waals surface area contributed by atoms with E-state index in [0.717, 1.165) is 30.8 Å². The molecule has 1 heterocycles. The lowest BCUT2D eigenvalue weighted by Gasteiger charge is -2.34. The second kappa shape index (κ2) is 8.16. The van der Waals surface area contributed by atoms with Gasteiger partial charge in [0.2, 0.25) is 0 Å². The molecule has 1 aromatic carbocycles. The predicted octanol–water partition coefficient (Wildman–Crippen LogP) is 6.79. The van der Waals surface area contributed by atoms with Crippen LogP contribution in [-0.2, 0) is 0 Å². The Kier molecular flexibility index (Phi) is 5.24. The van der Waals surface area contributed by atoms with E-state index in [0.29, 0.717) is 11.2 Å². The standard InChI is InChI=1S/C26H27NOS/c1-18(19-11-14-22(15-12-19)28-21-7-3-2-4-8-21)20-13-16-26-24(17-20)27-23-9-5-6-10-25(23)29-26/h2-9,11,14,17-18,25,27H,10,12-13,15-16H2,1H3. The summed E-state index contributed by atoms with van der Waals surface area (Å²) in [6, 6.07) is 10.1. The average Bonchev–Trinajstić information content (AvgIpc) is 2.78. The van der Waals surface area contributed by atoms with Crippen LogP contribution >= 0.6 is 11.8 Å². The molecule has 0 saturated heterocycles. The van der Waals surface area contributed by atoms with Gasteiger partial charge in [0.05, 0.1) is 5.25 Å². The Morgan fingerprint density at radius 2 is 1.86 bits per heavy atom. The smallest absolute Gasteiger partial charge is 0.126 e. The van der Waals surface area contributed by atoms with E-state index in [2.05, 4.69) is 60.5 Å². The Bertz CT molecular complexity index is 977. The van der Waals surface area contributed by atoms with Gasteiger partial charge in [0.15, 0.2) is 0 Å². The normalized spacial score (nSPS) is 24.2. The molecule has 1 aliphatic heterocycles. The molecule has 0 fully saturated rings. The molecule has 3 aliphatic carbocycles. The lowest BCUT2D eigenvalue weighted by atomic mass is 9.83. The van der Waals surface area contributed by atoms with E-state index in [1.807, 2.05) is 30.3 Å². The van der Waals surface area contributed by atoms with Crippen LogP contribution < -0.4 is 10.1 Å². The number of nitrogens with one attached hydrogen (secondary N) is 1. The zero-order chi connectivity index (χ0) is 19.6. The zero-order valence-corrected chi connectivity index (χ0v) is 17.7. The molecule has 3 heteroatoms. The Morgan fingerprint density at radius 3 is 2.69 bits per heavy atom.